The summed E-state index contributed by atoms with van der Waals surface area (Å²) in [6.45, 7) is 3.78. The van der Waals surface area contributed by atoms with Crippen LogP contribution in [0.15, 0.2) is 18.2 Å². The van der Waals surface area contributed by atoms with Crippen LogP contribution < -0.4 is 5.32 Å². The zero-order valence-corrected chi connectivity index (χ0v) is 9.48. The maximum absolute atomic E-state index is 10.6. The molecule has 0 radical (unpaired) electrons. The smallest absolute Gasteiger partial charge is 0.217 e. The number of amides is 1. The summed E-state index contributed by atoms with van der Waals surface area (Å²) in [5.41, 5.74) is 1.89. The molecule has 1 amide bonds. The van der Waals surface area contributed by atoms with Crippen molar-refractivity contribution in [2.75, 3.05) is 6.54 Å². The molecule has 2 nitrogen and oxygen atoms in total. The molecule has 0 saturated carbocycles. The lowest BCUT2D eigenvalue weighted by Gasteiger charge is -1.97. The maximum atomic E-state index is 10.6. The molecule has 1 aromatic rings. The first-order chi connectivity index (χ1) is 7.09. The van der Waals surface area contributed by atoms with E-state index in [2.05, 4.69) is 17.2 Å². The van der Waals surface area contributed by atoms with Gasteiger partial charge in [0.05, 0.1) is 11.6 Å². The molecule has 78 valence electrons. The minimum absolute atomic E-state index is 0.0840. The highest BCUT2D eigenvalue weighted by molar-refractivity contribution is 6.31. The van der Waals surface area contributed by atoms with E-state index in [1.54, 1.807) is 0 Å². The van der Waals surface area contributed by atoms with E-state index < -0.39 is 0 Å². The lowest BCUT2D eigenvalue weighted by molar-refractivity contribution is -0.118. The molecule has 0 aliphatic rings. The Balaban J connectivity index is 2.67. The van der Waals surface area contributed by atoms with E-state index in [0.29, 0.717) is 11.6 Å². The molecule has 0 unspecified atom stereocenters. The van der Waals surface area contributed by atoms with Crippen molar-refractivity contribution in [3.63, 3.8) is 0 Å². The summed E-state index contributed by atoms with van der Waals surface area (Å²) in [5, 5.41) is 3.23. The van der Waals surface area contributed by atoms with Crippen LogP contribution in [0.1, 0.15) is 18.1 Å². The molecule has 1 aromatic carbocycles. The van der Waals surface area contributed by atoms with Gasteiger partial charge in [-0.1, -0.05) is 29.5 Å². The monoisotopic (exact) mass is 221 g/mol. The minimum atomic E-state index is -0.0840. The predicted octanol–water partition coefficient (Wildman–Crippen LogP) is 2.14. The fraction of sp³-hybridized carbons (Fsp3) is 0.250. The zero-order valence-electron chi connectivity index (χ0n) is 8.73. The summed E-state index contributed by atoms with van der Waals surface area (Å²) in [6, 6.07) is 5.69. The number of nitrogens with one attached hydrogen (secondary N) is 1. The standard InChI is InChI=1S/C12H12ClNO/c1-9-5-6-11(12(13)8-9)4-3-7-14-10(2)15/h5-6,8H,7H2,1-2H3,(H,14,15). The van der Waals surface area contributed by atoms with Crippen LogP contribution in [0.4, 0.5) is 0 Å². The van der Waals surface area contributed by atoms with Crippen LogP contribution in [0.3, 0.4) is 0 Å². The van der Waals surface area contributed by atoms with Gasteiger partial charge in [0.25, 0.3) is 0 Å². The number of carbonyl (C=O) groups is 1. The number of halogens is 1. The third-order valence-electron chi connectivity index (χ3n) is 1.77. The Morgan fingerprint density at radius 3 is 2.87 bits per heavy atom. The molecule has 0 saturated heterocycles. The first-order valence-corrected chi connectivity index (χ1v) is 4.97. The second-order valence-corrected chi connectivity index (χ2v) is 3.60. The molecule has 0 spiro atoms. The third-order valence-corrected chi connectivity index (χ3v) is 2.09. The predicted molar refractivity (Wildman–Crippen MR) is 61.8 cm³/mol. The van der Waals surface area contributed by atoms with E-state index in [1.165, 1.54) is 6.92 Å². The second kappa shape index (κ2) is 5.43. The lowest BCUT2D eigenvalue weighted by Crippen LogP contribution is -2.19. The summed E-state index contributed by atoms with van der Waals surface area (Å²) >= 11 is 5.98. The van der Waals surface area contributed by atoms with Crippen molar-refractivity contribution in [2.24, 2.45) is 0 Å². The molecule has 1 rings (SSSR count). The summed E-state index contributed by atoms with van der Waals surface area (Å²) in [4.78, 5) is 10.6. The number of aryl methyl sites for hydroxylation is 1. The van der Waals surface area contributed by atoms with Gasteiger partial charge in [-0.3, -0.25) is 4.79 Å². The number of hydrogen-bond acceptors (Lipinski definition) is 1. The Morgan fingerprint density at radius 1 is 1.53 bits per heavy atom. The van der Waals surface area contributed by atoms with Crippen LogP contribution >= 0.6 is 11.6 Å². The SMILES string of the molecule is CC(=O)NCC#Cc1ccc(C)cc1Cl. The van der Waals surface area contributed by atoms with E-state index in [9.17, 15) is 4.79 Å². The molecule has 0 fully saturated rings. The van der Waals surface area contributed by atoms with Gasteiger partial charge in [0.2, 0.25) is 5.91 Å². The molecule has 15 heavy (non-hydrogen) atoms. The van der Waals surface area contributed by atoms with Crippen LogP contribution in [-0.4, -0.2) is 12.5 Å². The summed E-state index contributed by atoms with van der Waals surface area (Å²) in [7, 11) is 0. The van der Waals surface area contributed by atoms with E-state index in [1.807, 2.05) is 25.1 Å². The van der Waals surface area contributed by atoms with E-state index >= 15 is 0 Å². The number of carbonyl (C=O) groups excluding carboxylic acids is 1. The zero-order chi connectivity index (χ0) is 11.3. The van der Waals surface area contributed by atoms with Gasteiger partial charge in [0, 0.05) is 12.5 Å². The van der Waals surface area contributed by atoms with Crippen LogP contribution in [0.5, 0.6) is 0 Å². The van der Waals surface area contributed by atoms with E-state index in [0.717, 1.165) is 11.1 Å². The molecule has 1 N–H and O–H groups in total. The van der Waals surface area contributed by atoms with E-state index in [4.69, 9.17) is 11.6 Å². The minimum Gasteiger partial charge on any atom is -0.345 e. The van der Waals surface area contributed by atoms with Crippen LogP contribution in [0.2, 0.25) is 5.02 Å². The van der Waals surface area contributed by atoms with Gasteiger partial charge in [0.15, 0.2) is 0 Å². The maximum Gasteiger partial charge on any atom is 0.217 e. The second-order valence-electron chi connectivity index (χ2n) is 3.19. The van der Waals surface area contributed by atoms with Crippen molar-refractivity contribution in [3.8, 4) is 11.8 Å². The first-order valence-electron chi connectivity index (χ1n) is 4.59. The molecule has 0 aromatic heterocycles. The van der Waals surface area contributed by atoms with Gasteiger partial charge in [-0.15, -0.1) is 0 Å². The van der Waals surface area contributed by atoms with Gasteiger partial charge in [-0.2, -0.15) is 0 Å². The fourth-order valence-electron chi connectivity index (χ4n) is 1.03. The molecule has 0 aliphatic carbocycles. The third kappa shape index (κ3) is 4.05. The quantitative estimate of drug-likeness (QED) is 0.724. The normalized spacial score (nSPS) is 9.00. The average molecular weight is 222 g/mol. The topological polar surface area (TPSA) is 29.1 Å². The average Bonchev–Trinajstić information content (AvgIpc) is 2.14. The summed E-state index contributed by atoms with van der Waals surface area (Å²) in [6.07, 6.45) is 0. The van der Waals surface area contributed by atoms with Crippen LogP contribution in [0, 0.1) is 18.8 Å². The largest absolute Gasteiger partial charge is 0.345 e. The van der Waals surface area contributed by atoms with Crippen LogP contribution in [0.25, 0.3) is 0 Å². The molecule has 0 aliphatic heterocycles. The van der Waals surface area contributed by atoms with Crippen LogP contribution in [-0.2, 0) is 4.79 Å². The molecule has 0 atom stereocenters. The highest BCUT2D eigenvalue weighted by atomic mass is 35.5. The molecule has 0 bridgehead atoms. The van der Waals surface area contributed by atoms with Crippen molar-refractivity contribution >= 4 is 17.5 Å². The lowest BCUT2D eigenvalue weighted by atomic mass is 10.1. The highest BCUT2D eigenvalue weighted by Crippen LogP contribution is 2.15. The molecular weight excluding hydrogens is 210 g/mol. The number of hydrogen-bond donors (Lipinski definition) is 1. The Labute approximate surface area is 94.6 Å². The Kier molecular flexibility index (Phi) is 4.20. The molecular formula is C12H12ClNO. The van der Waals surface area contributed by atoms with Crippen molar-refractivity contribution in [1.29, 1.82) is 0 Å². The van der Waals surface area contributed by atoms with Crippen molar-refractivity contribution < 1.29 is 4.79 Å². The van der Waals surface area contributed by atoms with Crippen molar-refractivity contribution in [2.45, 2.75) is 13.8 Å². The van der Waals surface area contributed by atoms with Gasteiger partial charge in [0.1, 0.15) is 0 Å². The summed E-state index contributed by atoms with van der Waals surface area (Å²) in [5.74, 6) is 5.64. The highest BCUT2D eigenvalue weighted by Gasteiger charge is 1.95. The van der Waals surface area contributed by atoms with Gasteiger partial charge >= 0.3 is 0 Å². The molecule has 3 heteroatoms. The molecule has 0 heterocycles. The summed E-state index contributed by atoms with van der Waals surface area (Å²) < 4.78 is 0. The van der Waals surface area contributed by atoms with Gasteiger partial charge < -0.3 is 5.32 Å². The van der Waals surface area contributed by atoms with Crippen molar-refractivity contribution in [3.05, 3.63) is 34.3 Å². The Hall–Kier alpha value is -1.46. The van der Waals surface area contributed by atoms with Gasteiger partial charge in [-0.05, 0) is 24.6 Å². The number of rotatable bonds is 1. The van der Waals surface area contributed by atoms with E-state index in [-0.39, 0.29) is 5.91 Å². The van der Waals surface area contributed by atoms with Crippen molar-refractivity contribution in [1.82, 2.24) is 5.32 Å². The Morgan fingerprint density at radius 2 is 2.27 bits per heavy atom. The number of benzene rings is 1. The fourth-order valence-corrected chi connectivity index (χ4v) is 1.31. The Bertz CT molecular complexity index is 429. The van der Waals surface area contributed by atoms with Gasteiger partial charge in [-0.25, -0.2) is 0 Å². The first kappa shape index (κ1) is 11.6.